The standard InChI is InChI=1S/C22H34N2O4/c1-15-9-10-16(2)17(11-15)12-18(25)23-22(19(26)27-7)13-20(3,4)24(28-8)21(5,6)14-22/h9-11H,12-14H2,1-8H3,(H,23,25). The number of carbonyl (C=O) groups is 2. The van der Waals surface area contributed by atoms with Crippen molar-refractivity contribution in [3.63, 3.8) is 0 Å². The second kappa shape index (κ2) is 7.84. The summed E-state index contributed by atoms with van der Waals surface area (Å²) in [5.41, 5.74) is 1.07. The molecule has 1 N–H and O–H groups in total. The van der Waals surface area contributed by atoms with Crippen LogP contribution in [-0.4, -0.2) is 47.8 Å². The lowest BCUT2D eigenvalue weighted by atomic mass is 9.70. The first-order valence-electron chi connectivity index (χ1n) is 9.67. The average Bonchev–Trinajstić information content (AvgIpc) is 2.55. The van der Waals surface area contributed by atoms with E-state index in [4.69, 9.17) is 9.57 Å². The number of ether oxygens (including phenoxy) is 1. The third kappa shape index (κ3) is 4.39. The molecule has 2 rings (SSSR count). The number of piperidine rings is 1. The normalized spacial score (nSPS) is 20.4. The van der Waals surface area contributed by atoms with Crippen LogP contribution >= 0.6 is 0 Å². The smallest absolute Gasteiger partial charge is 0.331 e. The van der Waals surface area contributed by atoms with E-state index in [1.807, 2.05) is 64.8 Å². The van der Waals surface area contributed by atoms with Gasteiger partial charge in [0.25, 0.3) is 0 Å². The molecule has 1 aliphatic rings. The zero-order chi connectivity index (χ0) is 21.3. The maximum Gasteiger partial charge on any atom is 0.331 e. The first-order chi connectivity index (χ1) is 12.9. The van der Waals surface area contributed by atoms with Crippen LogP contribution in [0.15, 0.2) is 18.2 Å². The minimum absolute atomic E-state index is 0.184. The van der Waals surface area contributed by atoms with Crippen LogP contribution in [0.3, 0.4) is 0 Å². The van der Waals surface area contributed by atoms with Crippen LogP contribution in [0, 0.1) is 13.8 Å². The highest BCUT2D eigenvalue weighted by Gasteiger charge is 2.57. The second-order valence-electron chi connectivity index (χ2n) is 9.18. The van der Waals surface area contributed by atoms with Gasteiger partial charge in [-0.15, -0.1) is 0 Å². The molecule has 0 aromatic heterocycles. The van der Waals surface area contributed by atoms with Gasteiger partial charge in [0, 0.05) is 23.9 Å². The van der Waals surface area contributed by atoms with E-state index in [0.29, 0.717) is 12.8 Å². The molecule has 0 bridgehead atoms. The number of methoxy groups -OCH3 is 1. The zero-order valence-electron chi connectivity index (χ0n) is 18.4. The molecule has 1 aromatic rings. The van der Waals surface area contributed by atoms with Gasteiger partial charge >= 0.3 is 5.97 Å². The number of aryl methyl sites for hydroxylation is 2. The van der Waals surface area contributed by atoms with E-state index >= 15 is 0 Å². The molecule has 156 valence electrons. The highest BCUT2D eigenvalue weighted by atomic mass is 16.7. The topological polar surface area (TPSA) is 67.9 Å². The van der Waals surface area contributed by atoms with E-state index < -0.39 is 22.6 Å². The van der Waals surface area contributed by atoms with E-state index in [9.17, 15) is 9.59 Å². The average molecular weight is 391 g/mol. The molecule has 28 heavy (non-hydrogen) atoms. The van der Waals surface area contributed by atoms with Crippen LogP contribution in [0.1, 0.15) is 57.2 Å². The van der Waals surface area contributed by atoms with Crippen LogP contribution in [0.5, 0.6) is 0 Å². The number of nitrogens with zero attached hydrogens (tertiary/aromatic N) is 1. The SMILES string of the molecule is COC(=O)C1(NC(=O)Cc2cc(C)ccc2C)CC(C)(C)N(OC)C(C)(C)C1. The number of amides is 1. The van der Waals surface area contributed by atoms with Crippen molar-refractivity contribution in [2.24, 2.45) is 0 Å². The Kier molecular flexibility index (Phi) is 6.26. The Morgan fingerprint density at radius 3 is 2.14 bits per heavy atom. The Hall–Kier alpha value is -1.92. The molecular formula is C22H34N2O4. The maximum atomic E-state index is 13.0. The highest BCUT2D eigenvalue weighted by molar-refractivity contribution is 5.89. The number of hydrogen-bond donors (Lipinski definition) is 1. The van der Waals surface area contributed by atoms with Gasteiger partial charge in [0.15, 0.2) is 0 Å². The molecule has 6 nitrogen and oxygen atoms in total. The molecule has 0 aliphatic carbocycles. The summed E-state index contributed by atoms with van der Waals surface area (Å²) >= 11 is 0. The van der Waals surface area contributed by atoms with Crippen molar-refractivity contribution in [3.8, 4) is 0 Å². The molecule has 1 heterocycles. The number of rotatable bonds is 5. The van der Waals surface area contributed by atoms with E-state index in [-0.39, 0.29) is 12.3 Å². The Balaban J connectivity index is 2.35. The summed E-state index contributed by atoms with van der Waals surface area (Å²) in [5, 5.41) is 4.94. The summed E-state index contributed by atoms with van der Waals surface area (Å²) in [6, 6.07) is 6.05. The third-order valence-corrected chi connectivity index (χ3v) is 5.56. The lowest BCUT2D eigenvalue weighted by Crippen LogP contribution is -2.71. The minimum Gasteiger partial charge on any atom is -0.467 e. The predicted molar refractivity (Wildman–Crippen MR) is 109 cm³/mol. The van der Waals surface area contributed by atoms with Crippen LogP contribution in [0.2, 0.25) is 0 Å². The summed E-state index contributed by atoms with van der Waals surface area (Å²) in [7, 11) is 3.00. The van der Waals surface area contributed by atoms with Crippen molar-refractivity contribution in [1.82, 2.24) is 10.4 Å². The maximum absolute atomic E-state index is 13.0. The van der Waals surface area contributed by atoms with Crippen LogP contribution < -0.4 is 5.32 Å². The Bertz CT molecular complexity index is 737. The second-order valence-corrected chi connectivity index (χ2v) is 9.18. The monoisotopic (exact) mass is 390 g/mol. The number of hydrogen-bond acceptors (Lipinski definition) is 5. The summed E-state index contributed by atoms with van der Waals surface area (Å²) in [4.78, 5) is 31.5. The lowest BCUT2D eigenvalue weighted by Gasteiger charge is -2.56. The fourth-order valence-electron chi connectivity index (χ4n) is 4.95. The first kappa shape index (κ1) is 22.4. The van der Waals surface area contributed by atoms with Gasteiger partial charge in [-0.3, -0.25) is 4.79 Å². The van der Waals surface area contributed by atoms with Gasteiger partial charge < -0.3 is 14.9 Å². The molecule has 0 unspecified atom stereocenters. The number of esters is 1. The molecule has 1 fully saturated rings. The highest BCUT2D eigenvalue weighted by Crippen LogP contribution is 2.44. The molecule has 6 heteroatoms. The molecule has 0 spiro atoms. The largest absolute Gasteiger partial charge is 0.467 e. The van der Waals surface area contributed by atoms with Gasteiger partial charge in [-0.25, -0.2) is 4.79 Å². The minimum atomic E-state index is -1.11. The molecule has 1 aromatic carbocycles. The predicted octanol–water partition coefficient (Wildman–Crippen LogP) is 3.09. The van der Waals surface area contributed by atoms with Gasteiger partial charge in [-0.2, -0.15) is 5.06 Å². The summed E-state index contributed by atoms with van der Waals surface area (Å²) in [5.74, 6) is -0.602. The van der Waals surface area contributed by atoms with Crippen molar-refractivity contribution in [3.05, 3.63) is 34.9 Å². The van der Waals surface area contributed by atoms with E-state index in [1.165, 1.54) is 7.11 Å². The van der Waals surface area contributed by atoms with Gasteiger partial charge in [0.1, 0.15) is 5.54 Å². The zero-order valence-corrected chi connectivity index (χ0v) is 18.4. The lowest BCUT2D eigenvalue weighted by molar-refractivity contribution is -0.275. The van der Waals surface area contributed by atoms with Crippen molar-refractivity contribution >= 4 is 11.9 Å². The molecule has 0 atom stereocenters. The molecular weight excluding hydrogens is 356 g/mol. The van der Waals surface area contributed by atoms with Gasteiger partial charge in [-0.05, 0) is 52.7 Å². The summed E-state index contributed by atoms with van der Waals surface area (Å²) < 4.78 is 5.13. The molecule has 1 amide bonds. The first-order valence-corrected chi connectivity index (χ1v) is 9.67. The number of hydroxylamine groups is 2. The Morgan fingerprint density at radius 2 is 1.64 bits per heavy atom. The fourth-order valence-corrected chi connectivity index (χ4v) is 4.95. The quantitative estimate of drug-likeness (QED) is 0.783. The number of nitrogens with one attached hydrogen (secondary N) is 1. The van der Waals surface area contributed by atoms with E-state index in [2.05, 4.69) is 5.32 Å². The van der Waals surface area contributed by atoms with Crippen molar-refractivity contribution < 1.29 is 19.2 Å². The molecule has 0 saturated carbocycles. The Labute approximate surface area is 168 Å². The number of benzene rings is 1. The van der Waals surface area contributed by atoms with Crippen molar-refractivity contribution in [1.29, 1.82) is 0 Å². The molecule has 0 radical (unpaired) electrons. The number of carbonyl (C=O) groups excluding carboxylic acids is 2. The molecule has 1 saturated heterocycles. The summed E-state index contributed by atoms with van der Waals surface area (Å²) in [6.45, 7) is 12.0. The van der Waals surface area contributed by atoms with Crippen LogP contribution in [-0.2, 0) is 25.6 Å². The van der Waals surface area contributed by atoms with Crippen LogP contribution in [0.25, 0.3) is 0 Å². The Morgan fingerprint density at radius 1 is 1.07 bits per heavy atom. The summed E-state index contributed by atoms with van der Waals surface area (Å²) in [6.07, 6.45) is 1.01. The van der Waals surface area contributed by atoms with E-state index in [1.54, 1.807) is 7.11 Å². The van der Waals surface area contributed by atoms with Gasteiger partial charge in [0.2, 0.25) is 5.91 Å². The molecule has 1 aliphatic heterocycles. The van der Waals surface area contributed by atoms with Crippen LogP contribution in [0.4, 0.5) is 0 Å². The van der Waals surface area contributed by atoms with Gasteiger partial charge in [0.05, 0.1) is 20.6 Å². The van der Waals surface area contributed by atoms with Crippen molar-refractivity contribution in [2.75, 3.05) is 14.2 Å². The van der Waals surface area contributed by atoms with Crippen molar-refractivity contribution in [2.45, 2.75) is 77.4 Å². The fraction of sp³-hybridized carbons (Fsp3) is 0.636. The van der Waals surface area contributed by atoms with Gasteiger partial charge in [-0.1, -0.05) is 23.8 Å². The third-order valence-electron chi connectivity index (χ3n) is 5.56. The van der Waals surface area contributed by atoms with E-state index in [0.717, 1.165) is 16.7 Å².